The second-order valence-electron chi connectivity index (χ2n) is 4.46. The average molecular weight is 276 g/mol. The highest BCUT2D eigenvalue weighted by atomic mass is 32.1. The van der Waals surface area contributed by atoms with Crippen molar-refractivity contribution < 1.29 is 4.79 Å². The van der Waals surface area contributed by atoms with Crippen LogP contribution < -0.4 is 0 Å². The van der Waals surface area contributed by atoms with Crippen LogP contribution >= 0.6 is 11.3 Å². The second-order valence-corrected chi connectivity index (χ2v) is 5.34. The number of hydrogen-bond donors (Lipinski definition) is 0. The molecule has 100 valence electrons. The topological polar surface area (TPSA) is 61.4 Å². The Balaban J connectivity index is 2.03. The number of carbonyl (C=O) groups is 1. The van der Waals surface area contributed by atoms with Gasteiger partial charge in [0.25, 0.3) is 0 Å². The van der Waals surface area contributed by atoms with E-state index in [4.69, 9.17) is 5.26 Å². The third-order valence-corrected chi connectivity index (χ3v) is 3.70. The Morgan fingerprint density at radius 2 is 2.47 bits per heavy atom. The summed E-state index contributed by atoms with van der Waals surface area (Å²) >= 11 is 1.55. The number of nitriles is 1. The first kappa shape index (κ1) is 13.6. The third kappa shape index (κ3) is 3.12. The molecule has 0 bridgehead atoms. The summed E-state index contributed by atoms with van der Waals surface area (Å²) in [5.41, 5.74) is 0.778. The largest absolute Gasteiger partial charge is 0.341 e. The van der Waals surface area contributed by atoms with Gasteiger partial charge in [0.2, 0.25) is 5.91 Å². The number of carbonyl (C=O) groups excluding carboxylic acids is 1. The zero-order chi connectivity index (χ0) is 13.8. The smallest absolute Gasteiger partial charge is 0.228 e. The second kappa shape index (κ2) is 5.85. The summed E-state index contributed by atoms with van der Waals surface area (Å²) < 4.78 is 1.92. The number of fused-ring (bicyclic) bond motifs is 1. The van der Waals surface area contributed by atoms with Gasteiger partial charge in [-0.05, 0) is 13.8 Å². The van der Waals surface area contributed by atoms with Gasteiger partial charge in [-0.3, -0.25) is 9.20 Å². The quantitative estimate of drug-likeness (QED) is 0.838. The van der Waals surface area contributed by atoms with Crippen molar-refractivity contribution in [3.63, 3.8) is 0 Å². The Kier molecular flexibility index (Phi) is 4.17. The number of nitrogens with zero attached hydrogens (tertiary/aromatic N) is 4. The lowest BCUT2D eigenvalue weighted by Crippen LogP contribution is -2.35. The molecule has 0 aliphatic rings. The molecule has 0 saturated heterocycles. The molecule has 1 amide bonds. The van der Waals surface area contributed by atoms with E-state index >= 15 is 0 Å². The lowest BCUT2D eigenvalue weighted by Gasteiger charge is -2.21. The van der Waals surface area contributed by atoms with Crippen molar-refractivity contribution in [1.29, 1.82) is 5.26 Å². The molecule has 0 aliphatic carbocycles. The molecule has 5 nitrogen and oxygen atoms in total. The first-order chi connectivity index (χ1) is 9.13. The van der Waals surface area contributed by atoms with Crippen LogP contribution in [0.1, 0.15) is 19.5 Å². The highest BCUT2D eigenvalue weighted by Crippen LogP contribution is 2.12. The van der Waals surface area contributed by atoms with Crippen LogP contribution in [0.3, 0.4) is 0 Å². The fraction of sp³-hybridized carbons (Fsp3) is 0.462. The fourth-order valence-electron chi connectivity index (χ4n) is 1.91. The van der Waals surface area contributed by atoms with Crippen molar-refractivity contribution in [3.05, 3.63) is 23.5 Å². The van der Waals surface area contributed by atoms with Crippen LogP contribution in [-0.2, 0) is 11.2 Å². The van der Waals surface area contributed by atoms with Crippen LogP contribution in [0.15, 0.2) is 17.8 Å². The number of thiazole rings is 1. The molecule has 0 saturated carbocycles. The molecular formula is C13H16N4OS. The molecule has 6 heteroatoms. The van der Waals surface area contributed by atoms with Crippen LogP contribution in [0, 0.1) is 17.2 Å². The Bertz CT molecular complexity index is 581. The van der Waals surface area contributed by atoms with Gasteiger partial charge in [-0.25, -0.2) is 4.98 Å². The highest BCUT2D eigenvalue weighted by molar-refractivity contribution is 7.15. The summed E-state index contributed by atoms with van der Waals surface area (Å²) in [5, 5.41) is 10.8. The number of likely N-dealkylation sites (N-methyl/N-ethyl adjacent to an activating group) is 1. The summed E-state index contributed by atoms with van der Waals surface area (Å²) in [5.74, 6) is -0.121. The number of hydrogen-bond acceptors (Lipinski definition) is 4. The van der Waals surface area contributed by atoms with Gasteiger partial charge in [0.15, 0.2) is 4.96 Å². The van der Waals surface area contributed by atoms with Crippen molar-refractivity contribution in [2.45, 2.75) is 20.3 Å². The minimum absolute atomic E-state index is 0.0235. The van der Waals surface area contributed by atoms with E-state index in [-0.39, 0.29) is 11.8 Å². The first-order valence-electron chi connectivity index (χ1n) is 6.22. The Morgan fingerprint density at radius 1 is 1.68 bits per heavy atom. The SMILES string of the molecule is CCN(C[C@H](C)C#N)C(=O)Cc1cn2ccsc2n1. The van der Waals surface area contributed by atoms with E-state index in [2.05, 4.69) is 11.1 Å². The monoisotopic (exact) mass is 276 g/mol. The number of imidazole rings is 1. The van der Waals surface area contributed by atoms with E-state index in [1.807, 2.05) is 36.0 Å². The third-order valence-electron chi connectivity index (χ3n) is 2.92. The fourth-order valence-corrected chi connectivity index (χ4v) is 2.63. The zero-order valence-corrected chi connectivity index (χ0v) is 11.9. The molecule has 2 heterocycles. The van der Waals surface area contributed by atoms with Crippen LogP contribution in [0.4, 0.5) is 0 Å². The molecule has 0 radical (unpaired) electrons. The van der Waals surface area contributed by atoms with Crippen molar-refractivity contribution in [1.82, 2.24) is 14.3 Å². The summed E-state index contributed by atoms with van der Waals surface area (Å²) in [6, 6.07) is 2.15. The van der Waals surface area contributed by atoms with E-state index in [1.165, 1.54) is 0 Å². The van der Waals surface area contributed by atoms with E-state index in [0.29, 0.717) is 19.5 Å². The Hall–Kier alpha value is -1.87. The van der Waals surface area contributed by atoms with Gasteiger partial charge in [0, 0.05) is 30.9 Å². The van der Waals surface area contributed by atoms with Gasteiger partial charge < -0.3 is 4.90 Å². The van der Waals surface area contributed by atoms with Gasteiger partial charge in [-0.2, -0.15) is 5.26 Å². The molecule has 0 aliphatic heterocycles. The van der Waals surface area contributed by atoms with Gasteiger partial charge in [-0.15, -0.1) is 11.3 Å². The molecule has 0 spiro atoms. The molecule has 0 unspecified atom stereocenters. The normalized spacial score (nSPS) is 12.3. The summed E-state index contributed by atoms with van der Waals surface area (Å²) in [7, 11) is 0. The minimum Gasteiger partial charge on any atom is -0.341 e. The number of aromatic nitrogens is 2. The minimum atomic E-state index is -0.144. The predicted octanol–water partition coefficient (Wildman–Crippen LogP) is 1.95. The number of rotatable bonds is 5. The molecule has 0 aromatic carbocycles. The summed E-state index contributed by atoms with van der Waals surface area (Å²) in [6.45, 7) is 4.84. The first-order valence-corrected chi connectivity index (χ1v) is 7.10. The van der Waals surface area contributed by atoms with Crippen molar-refractivity contribution in [3.8, 4) is 6.07 Å². The Labute approximate surface area is 116 Å². The van der Waals surface area contributed by atoms with Gasteiger partial charge in [0.05, 0.1) is 24.1 Å². The van der Waals surface area contributed by atoms with E-state index in [0.717, 1.165) is 10.7 Å². The van der Waals surface area contributed by atoms with E-state index in [1.54, 1.807) is 16.2 Å². The van der Waals surface area contributed by atoms with Gasteiger partial charge in [-0.1, -0.05) is 0 Å². The summed E-state index contributed by atoms with van der Waals surface area (Å²) in [4.78, 5) is 19.2. The molecule has 2 rings (SSSR count). The molecule has 0 fully saturated rings. The maximum absolute atomic E-state index is 12.2. The van der Waals surface area contributed by atoms with Crippen molar-refractivity contribution in [2.24, 2.45) is 5.92 Å². The maximum atomic E-state index is 12.2. The van der Waals surface area contributed by atoms with E-state index in [9.17, 15) is 4.79 Å². The predicted molar refractivity (Wildman–Crippen MR) is 73.8 cm³/mol. The molecule has 0 N–H and O–H groups in total. The van der Waals surface area contributed by atoms with Crippen LogP contribution in [0.25, 0.3) is 4.96 Å². The zero-order valence-electron chi connectivity index (χ0n) is 11.0. The van der Waals surface area contributed by atoms with Crippen LogP contribution in [-0.4, -0.2) is 33.3 Å². The lowest BCUT2D eigenvalue weighted by atomic mass is 10.2. The molecule has 2 aromatic rings. The average Bonchev–Trinajstić information content (AvgIpc) is 2.96. The molecule has 2 aromatic heterocycles. The maximum Gasteiger partial charge on any atom is 0.228 e. The van der Waals surface area contributed by atoms with Crippen LogP contribution in [0.2, 0.25) is 0 Å². The molecule has 1 atom stereocenters. The van der Waals surface area contributed by atoms with Crippen molar-refractivity contribution in [2.75, 3.05) is 13.1 Å². The van der Waals surface area contributed by atoms with Crippen LogP contribution in [0.5, 0.6) is 0 Å². The van der Waals surface area contributed by atoms with Gasteiger partial charge in [0.1, 0.15) is 0 Å². The van der Waals surface area contributed by atoms with E-state index < -0.39 is 0 Å². The Morgan fingerprint density at radius 3 is 3.11 bits per heavy atom. The number of amides is 1. The summed E-state index contributed by atoms with van der Waals surface area (Å²) in [6.07, 6.45) is 4.10. The standard InChI is InChI=1S/C13H16N4OS/c1-3-16(8-10(2)7-14)12(18)6-11-9-17-4-5-19-13(17)15-11/h4-5,9-10H,3,6,8H2,1-2H3/t10-/m1/s1. The lowest BCUT2D eigenvalue weighted by molar-refractivity contribution is -0.130. The molecular weight excluding hydrogens is 260 g/mol. The highest BCUT2D eigenvalue weighted by Gasteiger charge is 2.16. The van der Waals surface area contributed by atoms with Crippen molar-refractivity contribution >= 4 is 22.2 Å². The molecule has 19 heavy (non-hydrogen) atoms. The van der Waals surface area contributed by atoms with Gasteiger partial charge >= 0.3 is 0 Å².